The summed E-state index contributed by atoms with van der Waals surface area (Å²) in [4.78, 5) is 15.3. The predicted octanol–water partition coefficient (Wildman–Crippen LogP) is -1.11. The number of nitrogens with two attached hydrogens (primary N) is 1. The minimum absolute atomic E-state index is 0.0931. The lowest BCUT2D eigenvalue weighted by atomic mass is 10.0. The van der Waals surface area contributed by atoms with Gasteiger partial charge in [0, 0.05) is 5.22 Å². The van der Waals surface area contributed by atoms with Crippen molar-refractivity contribution >= 4 is 29.8 Å². The zero-order chi connectivity index (χ0) is 14.8. The lowest BCUT2D eigenvalue weighted by Crippen LogP contribution is -2.45. The summed E-state index contributed by atoms with van der Waals surface area (Å²) in [7, 11) is 0. The number of amides is 1. The lowest BCUT2D eigenvalue weighted by Gasteiger charge is -2.29. The predicted molar refractivity (Wildman–Crippen MR) is 76.5 cm³/mol. The minimum Gasteiger partial charge on any atom is -0.369 e. The van der Waals surface area contributed by atoms with Gasteiger partial charge in [-0.3, -0.25) is 4.79 Å². The highest BCUT2D eigenvalue weighted by Crippen LogP contribution is 2.18. The maximum Gasteiger partial charge on any atom is 0.227 e. The molecule has 108 valence electrons. The molecule has 1 aromatic heterocycles. The Morgan fingerprint density at radius 2 is 2.14 bits per heavy atom. The van der Waals surface area contributed by atoms with E-state index in [9.17, 15) is 10.1 Å². The molecule has 1 amide bonds. The Morgan fingerprint density at radius 3 is 2.81 bits per heavy atom. The van der Waals surface area contributed by atoms with E-state index in [-0.39, 0.29) is 18.0 Å². The lowest BCUT2D eigenvalue weighted by molar-refractivity contribution is -0.115. The molecule has 2 heterocycles. The van der Waals surface area contributed by atoms with Crippen LogP contribution in [0.1, 0.15) is 5.56 Å². The molecule has 2 unspecified atom stereocenters. The third-order valence-corrected chi connectivity index (χ3v) is 4.23. The Hall–Kier alpha value is -1.88. The molecule has 6 nitrogen and oxygen atoms in total. The summed E-state index contributed by atoms with van der Waals surface area (Å²) in [6, 6.07) is 3.86. The number of fused-ring (bicyclic) bond motifs is 2. The SMILES string of the molecule is N#Cc1cc2c(nc1SCC(N)=O)=CC1OCCOC1C=2. The normalized spacial score (nSPS) is 23.0. The van der Waals surface area contributed by atoms with Crippen LogP contribution in [0.3, 0.4) is 0 Å². The van der Waals surface area contributed by atoms with Crippen LogP contribution in [0.25, 0.3) is 12.2 Å². The molecule has 0 radical (unpaired) electrons. The van der Waals surface area contributed by atoms with Crippen molar-refractivity contribution in [3.63, 3.8) is 0 Å². The fourth-order valence-corrected chi connectivity index (χ4v) is 3.00. The minimum atomic E-state index is -0.442. The molecule has 1 aliphatic heterocycles. The van der Waals surface area contributed by atoms with Gasteiger partial charge in [-0.15, -0.1) is 0 Å². The van der Waals surface area contributed by atoms with Crippen LogP contribution in [0.15, 0.2) is 11.1 Å². The molecule has 0 aromatic carbocycles. The Morgan fingerprint density at radius 1 is 1.43 bits per heavy atom. The quantitative estimate of drug-likeness (QED) is 0.711. The van der Waals surface area contributed by atoms with E-state index in [0.29, 0.717) is 23.8 Å². The molecule has 1 saturated heterocycles. The molecule has 0 saturated carbocycles. The summed E-state index contributed by atoms with van der Waals surface area (Å²) in [5, 5.41) is 11.3. The third kappa shape index (κ3) is 2.93. The summed E-state index contributed by atoms with van der Waals surface area (Å²) >= 11 is 1.17. The average Bonchev–Trinajstić information content (AvgIpc) is 2.49. The largest absolute Gasteiger partial charge is 0.369 e. The summed E-state index contributed by atoms with van der Waals surface area (Å²) in [6.45, 7) is 1.12. The zero-order valence-electron chi connectivity index (χ0n) is 11.1. The first kappa shape index (κ1) is 14.1. The van der Waals surface area contributed by atoms with Gasteiger partial charge in [0.1, 0.15) is 23.3 Å². The van der Waals surface area contributed by atoms with E-state index < -0.39 is 5.91 Å². The van der Waals surface area contributed by atoms with E-state index in [1.807, 2.05) is 12.2 Å². The monoisotopic (exact) mass is 303 g/mol. The van der Waals surface area contributed by atoms with Crippen LogP contribution in [0.5, 0.6) is 0 Å². The van der Waals surface area contributed by atoms with Gasteiger partial charge < -0.3 is 15.2 Å². The molecule has 7 heteroatoms. The van der Waals surface area contributed by atoms with Gasteiger partial charge in [-0.1, -0.05) is 11.8 Å². The van der Waals surface area contributed by atoms with E-state index >= 15 is 0 Å². The van der Waals surface area contributed by atoms with Gasteiger partial charge in [-0.05, 0) is 18.2 Å². The Kier molecular flexibility index (Phi) is 3.92. The Bertz CT molecular complexity index is 741. The van der Waals surface area contributed by atoms with Gasteiger partial charge >= 0.3 is 0 Å². The molecule has 2 atom stereocenters. The van der Waals surface area contributed by atoms with E-state index in [1.165, 1.54) is 11.8 Å². The molecular formula is C14H13N3O3S. The number of ether oxygens (including phenoxy) is 2. The second-order valence-electron chi connectivity index (χ2n) is 4.69. The van der Waals surface area contributed by atoms with E-state index in [1.54, 1.807) is 6.07 Å². The fourth-order valence-electron chi connectivity index (χ4n) is 2.30. The number of nitriles is 1. The first-order valence-electron chi connectivity index (χ1n) is 6.46. The number of hydrogen-bond donors (Lipinski definition) is 1. The van der Waals surface area contributed by atoms with Crippen LogP contribution >= 0.6 is 11.8 Å². The summed E-state index contributed by atoms with van der Waals surface area (Å²) in [5.41, 5.74) is 5.57. The first-order valence-corrected chi connectivity index (χ1v) is 7.45. The van der Waals surface area contributed by atoms with Gasteiger partial charge in [-0.25, -0.2) is 4.98 Å². The van der Waals surface area contributed by atoms with Crippen molar-refractivity contribution in [1.82, 2.24) is 4.98 Å². The summed E-state index contributed by atoms with van der Waals surface area (Å²) < 4.78 is 11.3. The molecule has 2 N–H and O–H groups in total. The second kappa shape index (κ2) is 5.85. The zero-order valence-corrected chi connectivity index (χ0v) is 11.9. The smallest absolute Gasteiger partial charge is 0.227 e. The summed E-state index contributed by atoms with van der Waals surface area (Å²) in [6.07, 6.45) is 3.54. The molecule has 1 aliphatic carbocycles. The molecule has 1 aromatic rings. The van der Waals surface area contributed by atoms with Crippen molar-refractivity contribution in [3.8, 4) is 6.07 Å². The van der Waals surface area contributed by atoms with Crippen molar-refractivity contribution in [1.29, 1.82) is 5.26 Å². The van der Waals surface area contributed by atoms with Crippen LogP contribution in [0, 0.1) is 11.3 Å². The highest BCUT2D eigenvalue weighted by molar-refractivity contribution is 7.99. The third-order valence-electron chi connectivity index (χ3n) is 3.21. The highest BCUT2D eigenvalue weighted by atomic mass is 32.2. The summed E-state index contributed by atoms with van der Waals surface area (Å²) in [5.74, 6) is -0.349. The highest BCUT2D eigenvalue weighted by Gasteiger charge is 2.25. The second-order valence-corrected chi connectivity index (χ2v) is 5.65. The van der Waals surface area contributed by atoms with Crippen molar-refractivity contribution < 1.29 is 14.3 Å². The van der Waals surface area contributed by atoms with E-state index in [4.69, 9.17) is 15.2 Å². The van der Waals surface area contributed by atoms with Crippen LogP contribution in [-0.4, -0.2) is 42.1 Å². The number of primary amides is 1. The number of rotatable bonds is 3. The van der Waals surface area contributed by atoms with Gasteiger partial charge in [0.2, 0.25) is 5.91 Å². The molecule has 2 aliphatic rings. The molecule has 1 fully saturated rings. The molecular weight excluding hydrogens is 290 g/mol. The maximum atomic E-state index is 10.9. The number of pyridine rings is 1. The number of nitrogens with zero attached hydrogens (tertiary/aromatic N) is 2. The molecule has 0 bridgehead atoms. The standard InChI is InChI=1S/C14H13N3O3S/c15-6-9-3-8-4-11-12(20-2-1-19-11)5-10(8)17-14(9)21-7-13(16)18/h3-5,11-12H,1-2,7H2,(H2,16,18). The topological polar surface area (TPSA) is 98.2 Å². The number of hydrogen-bond acceptors (Lipinski definition) is 6. The molecule has 3 rings (SSSR count). The molecule has 21 heavy (non-hydrogen) atoms. The van der Waals surface area contributed by atoms with Crippen molar-refractivity contribution in [3.05, 3.63) is 22.2 Å². The molecule has 0 spiro atoms. The van der Waals surface area contributed by atoms with Crippen molar-refractivity contribution in [2.45, 2.75) is 17.2 Å². The van der Waals surface area contributed by atoms with Crippen molar-refractivity contribution in [2.24, 2.45) is 5.73 Å². The van der Waals surface area contributed by atoms with Crippen LogP contribution in [0.4, 0.5) is 0 Å². The van der Waals surface area contributed by atoms with Crippen LogP contribution in [0.2, 0.25) is 0 Å². The van der Waals surface area contributed by atoms with Crippen molar-refractivity contribution in [2.75, 3.05) is 19.0 Å². The van der Waals surface area contributed by atoms with Gasteiger partial charge in [0.25, 0.3) is 0 Å². The average molecular weight is 303 g/mol. The van der Waals surface area contributed by atoms with E-state index in [2.05, 4.69) is 11.1 Å². The number of aromatic nitrogens is 1. The number of thioether (sulfide) groups is 1. The van der Waals surface area contributed by atoms with Gasteiger partial charge in [-0.2, -0.15) is 5.26 Å². The number of carbonyl (C=O) groups excluding carboxylic acids is 1. The van der Waals surface area contributed by atoms with Crippen LogP contribution < -0.4 is 16.3 Å². The van der Waals surface area contributed by atoms with Gasteiger partial charge in [0.05, 0.1) is 29.9 Å². The number of carbonyl (C=O) groups is 1. The Labute approximate surface area is 125 Å². The maximum absolute atomic E-state index is 10.9. The first-order chi connectivity index (χ1) is 10.2. The van der Waals surface area contributed by atoms with Crippen LogP contribution in [-0.2, 0) is 14.3 Å². The van der Waals surface area contributed by atoms with Gasteiger partial charge in [0.15, 0.2) is 0 Å². The van der Waals surface area contributed by atoms with E-state index in [0.717, 1.165) is 10.6 Å². The fraction of sp³-hybridized carbons (Fsp3) is 0.357. The Balaban J connectivity index is 2.03.